The predicted molar refractivity (Wildman–Crippen MR) is 54.5 cm³/mol. The number of hydrogen-bond acceptors (Lipinski definition) is 3. The number of halogens is 1. The Morgan fingerprint density at radius 3 is 2.88 bits per heavy atom. The van der Waals surface area contributed by atoms with Gasteiger partial charge < -0.3 is 14.2 Å². The molecule has 3 rings (SSSR count). The quantitative estimate of drug-likeness (QED) is 0.732. The van der Waals surface area contributed by atoms with E-state index in [2.05, 4.69) is 0 Å². The van der Waals surface area contributed by atoms with Crippen LogP contribution < -0.4 is 0 Å². The standard InChI is InChI=1S/C12H13FO3/c13-9-7-15-12(11-10(9)16-11)14-6-8-4-2-1-3-5-8/h1-5,9-12H,6-7H2/t9-,10-,11-,12-/m0/s1. The van der Waals surface area contributed by atoms with Gasteiger partial charge in [0.15, 0.2) is 12.5 Å². The molecule has 3 nitrogen and oxygen atoms in total. The molecule has 2 heterocycles. The largest absolute Gasteiger partial charge is 0.361 e. The van der Waals surface area contributed by atoms with E-state index in [1.807, 2.05) is 30.3 Å². The Morgan fingerprint density at radius 1 is 1.25 bits per heavy atom. The van der Waals surface area contributed by atoms with E-state index in [1.165, 1.54) is 0 Å². The van der Waals surface area contributed by atoms with Crippen molar-refractivity contribution < 1.29 is 18.6 Å². The molecule has 0 N–H and O–H groups in total. The molecule has 86 valence electrons. The summed E-state index contributed by atoms with van der Waals surface area (Å²) in [6.07, 6.45) is -1.94. The van der Waals surface area contributed by atoms with Gasteiger partial charge in [0, 0.05) is 0 Å². The van der Waals surface area contributed by atoms with Crippen LogP contribution in [0.5, 0.6) is 0 Å². The van der Waals surface area contributed by atoms with Crippen molar-refractivity contribution in [3.8, 4) is 0 Å². The Hall–Kier alpha value is -0.970. The van der Waals surface area contributed by atoms with Crippen LogP contribution in [0.2, 0.25) is 0 Å². The van der Waals surface area contributed by atoms with Gasteiger partial charge in [-0.25, -0.2) is 4.39 Å². The van der Waals surface area contributed by atoms with E-state index in [1.54, 1.807) is 0 Å². The van der Waals surface area contributed by atoms with Gasteiger partial charge in [-0.05, 0) is 5.56 Å². The molecule has 0 spiro atoms. The topological polar surface area (TPSA) is 31.0 Å². The molecule has 0 amide bonds. The summed E-state index contributed by atoms with van der Waals surface area (Å²) in [5.41, 5.74) is 1.07. The van der Waals surface area contributed by atoms with Crippen LogP contribution in [0.4, 0.5) is 4.39 Å². The lowest BCUT2D eigenvalue weighted by molar-refractivity contribution is -0.175. The number of alkyl halides is 1. The monoisotopic (exact) mass is 224 g/mol. The second kappa shape index (κ2) is 4.13. The lowest BCUT2D eigenvalue weighted by Gasteiger charge is -2.21. The molecule has 0 bridgehead atoms. The second-order valence-electron chi connectivity index (χ2n) is 4.08. The van der Waals surface area contributed by atoms with Crippen molar-refractivity contribution in [2.24, 2.45) is 0 Å². The molecular weight excluding hydrogens is 211 g/mol. The number of rotatable bonds is 3. The highest BCUT2D eigenvalue weighted by Crippen LogP contribution is 2.36. The molecule has 2 fully saturated rings. The maximum atomic E-state index is 13.0. The summed E-state index contributed by atoms with van der Waals surface area (Å²) in [5.74, 6) is 0. The zero-order chi connectivity index (χ0) is 11.0. The van der Waals surface area contributed by atoms with Crippen molar-refractivity contribution in [1.82, 2.24) is 0 Å². The summed E-state index contributed by atoms with van der Waals surface area (Å²) < 4.78 is 29.0. The zero-order valence-corrected chi connectivity index (χ0v) is 8.71. The van der Waals surface area contributed by atoms with Crippen LogP contribution in [0.3, 0.4) is 0 Å². The first-order valence-corrected chi connectivity index (χ1v) is 5.41. The molecule has 0 unspecified atom stereocenters. The molecule has 1 aromatic carbocycles. The van der Waals surface area contributed by atoms with Gasteiger partial charge in [0.25, 0.3) is 0 Å². The lowest BCUT2D eigenvalue weighted by Crippen LogP contribution is -2.36. The van der Waals surface area contributed by atoms with Crippen molar-refractivity contribution in [3.63, 3.8) is 0 Å². The first-order valence-electron chi connectivity index (χ1n) is 5.41. The minimum atomic E-state index is -0.999. The highest BCUT2D eigenvalue weighted by Gasteiger charge is 2.55. The van der Waals surface area contributed by atoms with Gasteiger partial charge in [-0.3, -0.25) is 0 Å². The van der Waals surface area contributed by atoms with Gasteiger partial charge >= 0.3 is 0 Å². The van der Waals surface area contributed by atoms with Gasteiger partial charge in [0.1, 0.15) is 12.2 Å². The van der Waals surface area contributed by atoms with E-state index in [4.69, 9.17) is 14.2 Å². The van der Waals surface area contributed by atoms with E-state index in [9.17, 15) is 4.39 Å². The molecule has 4 heteroatoms. The fraction of sp³-hybridized carbons (Fsp3) is 0.500. The van der Waals surface area contributed by atoms with Gasteiger partial charge in [0.05, 0.1) is 13.2 Å². The van der Waals surface area contributed by atoms with Crippen LogP contribution >= 0.6 is 0 Å². The fourth-order valence-corrected chi connectivity index (χ4v) is 1.92. The van der Waals surface area contributed by atoms with E-state index >= 15 is 0 Å². The van der Waals surface area contributed by atoms with E-state index < -0.39 is 12.5 Å². The average Bonchev–Trinajstić information content (AvgIpc) is 3.11. The fourth-order valence-electron chi connectivity index (χ4n) is 1.92. The molecule has 0 aromatic heterocycles. The summed E-state index contributed by atoms with van der Waals surface area (Å²) in [7, 11) is 0. The molecule has 16 heavy (non-hydrogen) atoms. The Kier molecular flexibility index (Phi) is 2.63. The first-order chi connectivity index (χ1) is 7.84. The molecule has 4 atom stereocenters. The SMILES string of the molecule is F[C@H]1CO[C@H](OCc2ccccc2)[C@H]2O[C@H]21. The van der Waals surface area contributed by atoms with Crippen molar-refractivity contribution in [3.05, 3.63) is 35.9 Å². The third kappa shape index (κ3) is 1.96. The Balaban J connectivity index is 1.53. The van der Waals surface area contributed by atoms with Crippen LogP contribution in [0, 0.1) is 0 Å². The molecule has 2 saturated heterocycles. The Morgan fingerprint density at radius 2 is 2.06 bits per heavy atom. The van der Waals surface area contributed by atoms with Crippen LogP contribution in [0.15, 0.2) is 30.3 Å². The highest BCUT2D eigenvalue weighted by atomic mass is 19.1. The van der Waals surface area contributed by atoms with Crippen molar-refractivity contribution in [2.45, 2.75) is 31.3 Å². The number of hydrogen-bond donors (Lipinski definition) is 0. The normalized spacial score (nSPS) is 36.8. The third-order valence-corrected chi connectivity index (χ3v) is 2.86. The minimum absolute atomic E-state index is 0.0701. The summed E-state index contributed by atoms with van der Waals surface area (Å²) in [5, 5.41) is 0. The molecule has 0 aliphatic carbocycles. The maximum Gasteiger partial charge on any atom is 0.186 e. The van der Waals surface area contributed by atoms with Gasteiger partial charge in [-0.2, -0.15) is 0 Å². The highest BCUT2D eigenvalue weighted by molar-refractivity contribution is 5.13. The van der Waals surface area contributed by atoms with Crippen LogP contribution in [0.25, 0.3) is 0 Å². The number of ether oxygens (including phenoxy) is 3. The summed E-state index contributed by atoms with van der Waals surface area (Å²) in [6.45, 7) is 0.537. The minimum Gasteiger partial charge on any atom is -0.361 e. The van der Waals surface area contributed by atoms with Crippen LogP contribution in [0.1, 0.15) is 5.56 Å². The zero-order valence-electron chi connectivity index (χ0n) is 8.71. The molecular formula is C12H13FO3. The molecule has 0 saturated carbocycles. The summed E-state index contributed by atoms with van der Waals surface area (Å²) >= 11 is 0. The number of fused-ring (bicyclic) bond motifs is 1. The van der Waals surface area contributed by atoms with Gasteiger partial charge in [-0.1, -0.05) is 30.3 Å². The Labute approximate surface area is 93.1 Å². The van der Waals surface area contributed by atoms with Crippen molar-refractivity contribution >= 4 is 0 Å². The Bertz CT molecular complexity index is 357. The van der Waals surface area contributed by atoms with E-state index in [0.29, 0.717) is 6.61 Å². The molecule has 1 aromatic rings. The predicted octanol–water partition coefficient (Wildman–Crippen LogP) is 1.66. The van der Waals surface area contributed by atoms with Crippen molar-refractivity contribution in [1.29, 1.82) is 0 Å². The van der Waals surface area contributed by atoms with Crippen molar-refractivity contribution in [2.75, 3.05) is 6.61 Å². The van der Waals surface area contributed by atoms with E-state index in [0.717, 1.165) is 5.56 Å². The summed E-state index contributed by atoms with van der Waals surface area (Å²) in [4.78, 5) is 0. The first kappa shape index (κ1) is 10.2. The van der Waals surface area contributed by atoms with Crippen LogP contribution in [-0.2, 0) is 20.8 Å². The molecule has 0 radical (unpaired) electrons. The average molecular weight is 224 g/mol. The van der Waals surface area contributed by atoms with Gasteiger partial charge in [0.2, 0.25) is 0 Å². The number of benzene rings is 1. The second-order valence-corrected chi connectivity index (χ2v) is 4.08. The summed E-state index contributed by atoms with van der Waals surface area (Å²) in [6, 6.07) is 9.81. The van der Waals surface area contributed by atoms with Crippen LogP contribution in [-0.4, -0.2) is 31.3 Å². The smallest absolute Gasteiger partial charge is 0.186 e. The van der Waals surface area contributed by atoms with Gasteiger partial charge in [-0.15, -0.1) is 0 Å². The third-order valence-electron chi connectivity index (χ3n) is 2.86. The molecule has 2 aliphatic heterocycles. The number of epoxide rings is 1. The van der Waals surface area contributed by atoms with E-state index in [-0.39, 0.29) is 18.8 Å². The maximum absolute atomic E-state index is 13.0. The lowest BCUT2D eigenvalue weighted by atomic mass is 10.2. The molecule has 2 aliphatic rings.